The maximum atomic E-state index is 13.0. The number of benzene rings is 2. The standard InChI is InChI=1S/C25H29F3N4O4S/c1-17-16-21(29-11-14-33)7-4-18(17)8-15-37(35,36)32-12-9-24(10-13-32)23(34)30-22(31-24)19-2-5-20(6-3-19)25(26,27)28/h2-7,16,29,33H,8-15H2,1H3,(H,30,31,34). The molecule has 0 unspecified atom stereocenters. The molecule has 2 aliphatic rings. The molecule has 1 amide bonds. The lowest BCUT2D eigenvalue weighted by molar-refractivity contribution is -0.137. The largest absolute Gasteiger partial charge is 0.416 e. The number of anilines is 1. The molecule has 8 nitrogen and oxygen atoms in total. The van der Waals surface area contributed by atoms with Gasteiger partial charge in [-0.05, 0) is 61.6 Å². The number of alkyl halides is 3. The Morgan fingerprint density at radius 1 is 1.14 bits per heavy atom. The molecule has 0 radical (unpaired) electrons. The number of sulfonamides is 1. The Labute approximate surface area is 213 Å². The molecule has 200 valence electrons. The molecule has 1 spiro atoms. The van der Waals surface area contributed by atoms with Gasteiger partial charge >= 0.3 is 6.18 Å². The first-order chi connectivity index (χ1) is 17.4. The number of hydrogen-bond donors (Lipinski definition) is 3. The second-order valence-corrected chi connectivity index (χ2v) is 11.4. The van der Waals surface area contributed by atoms with Crippen molar-refractivity contribution >= 4 is 27.5 Å². The van der Waals surface area contributed by atoms with Crippen LogP contribution >= 0.6 is 0 Å². The van der Waals surface area contributed by atoms with Crippen molar-refractivity contribution < 1.29 is 31.5 Å². The second kappa shape index (κ2) is 10.4. The molecule has 2 aliphatic heterocycles. The minimum atomic E-state index is -4.46. The summed E-state index contributed by atoms with van der Waals surface area (Å²) < 4.78 is 65.9. The average molecular weight is 539 g/mol. The number of amidine groups is 1. The molecule has 12 heteroatoms. The molecule has 2 aromatic carbocycles. The SMILES string of the molecule is Cc1cc(NCCO)ccc1CCS(=O)(=O)N1CCC2(CC1)N=C(c1ccc(C(F)(F)F)cc1)NC2=O. The van der Waals surface area contributed by atoms with Crippen molar-refractivity contribution in [1.29, 1.82) is 0 Å². The lowest BCUT2D eigenvalue weighted by Gasteiger charge is -2.34. The Kier molecular flexibility index (Phi) is 7.63. The van der Waals surface area contributed by atoms with E-state index in [2.05, 4.69) is 15.6 Å². The monoisotopic (exact) mass is 538 g/mol. The quantitative estimate of drug-likeness (QED) is 0.479. The highest BCUT2D eigenvalue weighted by Crippen LogP contribution is 2.33. The molecule has 1 saturated heterocycles. The summed E-state index contributed by atoms with van der Waals surface area (Å²) in [6.45, 7) is 2.60. The van der Waals surface area contributed by atoms with E-state index in [1.165, 1.54) is 16.4 Å². The minimum absolute atomic E-state index is 0.0134. The molecule has 0 saturated carbocycles. The van der Waals surface area contributed by atoms with Gasteiger partial charge in [0.05, 0.1) is 17.9 Å². The van der Waals surface area contributed by atoms with Gasteiger partial charge in [0, 0.05) is 30.9 Å². The van der Waals surface area contributed by atoms with E-state index in [9.17, 15) is 26.4 Å². The van der Waals surface area contributed by atoms with E-state index in [0.717, 1.165) is 28.9 Å². The summed E-state index contributed by atoms with van der Waals surface area (Å²) in [7, 11) is -3.57. The van der Waals surface area contributed by atoms with Crippen LogP contribution in [0.15, 0.2) is 47.5 Å². The smallest absolute Gasteiger partial charge is 0.395 e. The predicted molar refractivity (Wildman–Crippen MR) is 134 cm³/mol. The van der Waals surface area contributed by atoms with Gasteiger partial charge < -0.3 is 15.7 Å². The highest BCUT2D eigenvalue weighted by Gasteiger charge is 2.47. The normalized spacial score (nSPS) is 18.1. The van der Waals surface area contributed by atoms with Crippen LogP contribution in [0.3, 0.4) is 0 Å². The fraction of sp³-hybridized carbons (Fsp3) is 0.440. The average Bonchev–Trinajstić information content (AvgIpc) is 3.17. The number of carbonyl (C=O) groups is 1. The van der Waals surface area contributed by atoms with Gasteiger partial charge in [-0.3, -0.25) is 9.79 Å². The summed E-state index contributed by atoms with van der Waals surface area (Å²) in [5.74, 6) is -0.247. The van der Waals surface area contributed by atoms with E-state index in [-0.39, 0.29) is 50.0 Å². The Hall–Kier alpha value is -2.96. The lowest BCUT2D eigenvalue weighted by atomic mass is 9.89. The number of amides is 1. The van der Waals surface area contributed by atoms with E-state index in [1.807, 2.05) is 25.1 Å². The fourth-order valence-electron chi connectivity index (χ4n) is 4.60. The van der Waals surface area contributed by atoms with Gasteiger partial charge in [0.25, 0.3) is 5.91 Å². The highest BCUT2D eigenvalue weighted by molar-refractivity contribution is 7.89. The lowest BCUT2D eigenvalue weighted by Crippen LogP contribution is -2.50. The minimum Gasteiger partial charge on any atom is -0.395 e. The number of halogens is 3. The van der Waals surface area contributed by atoms with Crippen LogP contribution in [-0.4, -0.2) is 67.1 Å². The Balaban J connectivity index is 1.38. The summed E-state index contributed by atoms with van der Waals surface area (Å²) in [4.78, 5) is 17.3. The molecule has 0 aliphatic carbocycles. The number of nitrogens with one attached hydrogen (secondary N) is 2. The summed E-state index contributed by atoms with van der Waals surface area (Å²) in [6, 6.07) is 10.0. The van der Waals surface area contributed by atoms with Crippen LogP contribution in [0.1, 0.15) is 35.1 Å². The number of rotatable bonds is 8. The van der Waals surface area contributed by atoms with E-state index >= 15 is 0 Å². The van der Waals surface area contributed by atoms with Gasteiger partial charge in [0.1, 0.15) is 11.4 Å². The van der Waals surface area contributed by atoms with Gasteiger partial charge in [0.2, 0.25) is 10.0 Å². The summed E-state index contributed by atoms with van der Waals surface area (Å²) in [5.41, 5.74) is 1.15. The predicted octanol–water partition coefficient (Wildman–Crippen LogP) is 2.70. The van der Waals surface area contributed by atoms with Crippen molar-refractivity contribution in [1.82, 2.24) is 9.62 Å². The second-order valence-electron chi connectivity index (χ2n) is 9.28. The number of aliphatic hydroxyl groups is 1. The third-order valence-corrected chi connectivity index (χ3v) is 8.69. The zero-order valence-electron chi connectivity index (χ0n) is 20.3. The number of carbonyl (C=O) groups excluding carboxylic acids is 1. The fourth-order valence-corrected chi connectivity index (χ4v) is 6.07. The van der Waals surface area contributed by atoms with Crippen LogP contribution in [0.25, 0.3) is 0 Å². The van der Waals surface area contributed by atoms with Crippen molar-refractivity contribution in [2.75, 3.05) is 37.3 Å². The van der Waals surface area contributed by atoms with E-state index in [1.54, 1.807) is 0 Å². The van der Waals surface area contributed by atoms with Gasteiger partial charge in [0.15, 0.2) is 0 Å². The number of aliphatic hydroxyl groups excluding tert-OH is 1. The topological polar surface area (TPSA) is 111 Å². The van der Waals surface area contributed by atoms with E-state index in [0.29, 0.717) is 18.5 Å². The number of piperidine rings is 1. The Bertz CT molecular complexity index is 1290. The van der Waals surface area contributed by atoms with E-state index < -0.39 is 27.3 Å². The Morgan fingerprint density at radius 2 is 1.81 bits per heavy atom. The molecular weight excluding hydrogens is 509 g/mol. The first-order valence-corrected chi connectivity index (χ1v) is 13.6. The first kappa shape index (κ1) is 27.1. The van der Waals surface area contributed by atoms with Crippen LogP contribution in [0.2, 0.25) is 0 Å². The van der Waals surface area contributed by atoms with Crippen LogP contribution in [0.4, 0.5) is 18.9 Å². The van der Waals surface area contributed by atoms with Crippen LogP contribution < -0.4 is 10.6 Å². The molecule has 37 heavy (non-hydrogen) atoms. The molecule has 0 bridgehead atoms. The molecule has 4 rings (SSSR count). The van der Waals surface area contributed by atoms with Gasteiger partial charge in [-0.1, -0.05) is 18.2 Å². The zero-order valence-corrected chi connectivity index (χ0v) is 21.1. The highest BCUT2D eigenvalue weighted by atomic mass is 32.2. The molecular formula is C25H29F3N4O4S. The maximum Gasteiger partial charge on any atom is 0.416 e. The molecule has 2 heterocycles. The Morgan fingerprint density at radius 3 is 2.41 bits per heavy atom. The molecule has 2 aromatic rings. The summed E-state index contributed by atoms with van der Waals surface area (Å²) >= 11 is 0. The molecule has 0 atom stereocenters. The van der Waals surface area contributed by atoms with Gasteiger partial charge in [-0.25, -0.2) is 12.7 Å². The third-order valence-electron chi connectivity index (χ3n) is 6.82. The number of nitrogens with zero attached hydrogens (tertiary/aromatic N) is 2. The van der Waals surface area contributed by atoms with Crippen molar-refractivity contribution in [2.45, 2.75) is 37.9 Å². The third kappa shape index (κ3) is 5.97. The summed E-state index contributed by atoms with van der Waals surface area (Å²) in [6.07, 6.45) is -3.75. The van der Waals surface area contributed by atoms with Crippen molar-refractivity contribution in [3.63, 3.8) is 0 Å². The van der Waals surface area contributed by atoms with E-state index in [4.69, 9.17) is 5.11 Å². The van der Waals surface area contributed by atoms with Crippen molar-refractivity contribution in [3.05, 3.63) is 64.7 Å². The number of aryl methyl sites for hydroxylation is 2. The molecule has 1 fully saturated rings. The van der Waals surface area contributed by atoms with Crippen LogP contribution in [0, 0.1) is 6.92 Å². The number of hydrogen-bond acceptors (Lipinski definition) is 6. The zero-order chi connectivity index (χ0) is 26.8. The first-order valence-electron chi connectivity index (χ1n) is 11.9. The molecule has 3 N–H and O–H groups in total. The molecule has 0 aromatic heterocycles. The van der Waals surface area contributed by atoms with Gasteiger partial charge in [-0.15, -0.1) is 0 Å². The van der Waals surface area contributed by atoms with Crippen molar-refractivity contribution in [2.24, 2.45) is 4.99 Å². The number of aliphatic imine (C=N–C) groups is 1. The van der Waals surface area contributed by atoms with Crippen molar-refractivity contribution in [3.8, 4) is 0 Å². The maximum absolute atomic E-state index is 13.0. The van der Waals surface area contributed by atoms with Crippen LogP contribution in [0.5, 0.6) is 0 Å². The van der Waals surface area contributed by atoms with Crippen LogP contribution in [-0.2, 0) is 27.4 Å². The van der Waals surface area contributed by atoms with Gasteiger partial charge in [-0.2, -0.15) is 13.2 Å². The summed E-state index contributed by atoms with van der Waals surface area (Å²) in [5, 5.41) is 14.7.